The predicted molar refractivity (Wildman–Crippen MR) is 108 cm³/mol. The Morgan fingerprint density at radius 2 is 1.71 bits per heavy atom. The van der Waals surface area contributed by atoms with Gasteiger partial charge >= 0.3 is 0 Å². The van der Waals surface area contributed by atoms with Gasteiger partial charge in [0.1, 0.15) is 12.4 Å². The first-order chi connectivity index (χ1) is 13.6. The largest absolute Gasteiger partial charge is 0.493 e. The Kier molecular flexibility index (Phi) is 6.08. The van der Waals surface area contributed by atoms with Gasteiger partial charge < -0.3 is 9.47 Å². The molecule has 0 saturated carbocycles. The van der Waals surface area contributed by atoms with Crippen molar-refractivity contribution in [3.8, 4) is 17.6 Å². The van der Waals surface area contributed by atoms with E-state index in [-0.39, 0.29) is 5.82 Å². The van der Waals surface area contributed by atoms with Crippen molar-refractivity contribution in [2.45, 2.75) is 13.5 Å². The molecule has 0 aliphatic rings. The third-order valence-corrected chi connectivity index (χ3v) is 4.29. The molecule has 0 unspecified atom stereocenters. The second-order valence-corrected chi connectivity index (χ2v) is 6.36. The van der Waals surface area contributed by atoms with Crippen LogP contribution in [0.1, 0.15) is 22.3 Å². The van der Waals surface area contributed by atoms with Crippen LogP contribution in [-0.2, 0) is 6.61 Å². The van der Waals surface area contributed by atoms with E-state index in [9.17, 15) is 9.65 Å². The number of hydrogen-bond acceptors (Lipinski definition) is 3. The standard InChI is InChI=1S/C24H20FNO2/c1-17-3-8-20(9-4-17)21(15-26)13-19-7-12-23(24(14-19)27-2)28-16-18-5-10-22(25)11-6-18/h3-14H,16H2,1-2H3/b21-13-. The minimum atomic E-state index is -0.278. The topological polar surface area (TPSA) is 42.2 Å². The van der Waals surface area contributed by atoms with Crippen molar-refractivity contribution in [3.63, 3.8) is 0 Å². The third kappa shape index (κ3) is 4.77. The molecule has 0 N–H and O–H groups in total. The van der Waals surface area contributed by atoms with Crippen LogP contribution in [0.5, 0.6) is 11.5 Å². The summed E-state index contributed by atoms with van der Waals surface area (Å²) in [6.45, 7) is 2.31. The van der Waals surface area contributed by atoms with Gasteiger partial charge in [-0.05, 0) is 54.0 Å². The fraction of sp³-hybridized carbons (Fsp3) is 0.125. The number of halogens is 1. The Hall–Kier alpha value is -3.58. The number of ether oxygens (including phenoxy) is 2. The van der Waals surface area contributed by atoms with Crippen LogP contribution in [0.3, 0.4) is 0 Å². The summed E-state index contributed by atoms with van der Waals surface area (Å²) in [6, 6.07) is 21.7. The summed E-state index contributed by atoms with van der Waals surface area (Å²) in [5, 5.41) is 9.52. The van der Waals surface area contributed by atoms with Gasteiger partial charge in [-0.2, -0.15) is 5.26 Å². The zero-order valence-corrected chi connectivity index (χ0v) is 15.8. The van der Waals surface area contributed by atoms with E-state index in [4.69, 9.17) is 9.47 Å². The molecule has 0 bridgehead atoms. The normalized spacial score (nSPS) is 11.0. The number of aryl methyl sites for hydroxylation is 1. The first-order valence-corrected chi connectivity index (χ1v) is 8.83. The van der Waals surface area contributed by atoms with E-state index in [1.54, 1.807) is 25.3 Å². The molecule has 3 aromatic carbocycles. The van der Waals surface area contributed by atoms with E-state index in [1.807, 2.05) is 49.4 Å². The number of rotatable bonds is 6. The zero-order chi connectivity index (χ0) is 19.9. The Morgan fingerprint density at radius 3 is 2.36 bits per heavy atom. The molecule has 0 saturated heterocycles. The summed E-state index contributed by atoms with van der Waals surface area (Å²) in [6.07, 6.45) is 1.82. The minimum Gasteiger partial charge on any atom is -0.493 e. The molecular formula is C24H20FNO2. The number of nitrogens with zero attached hydrogens (tertiary/aromatic N) is 1. The van der Waals surface area contributed by atoms with Gasteiger partial charge in [0, 0.05) is 0 Å². The highest BCUT2D eigenvalue weighted by Gasteiger charge is 2.07. The fourth-order valence-electron chi connectivity index (χ4n) is 2.71. The molecular weight excluding hydrogens is 353 g/mol. The van der Waals surface area contributed by atoms with Gasteiger partial charge in [0.05, 0.1) is 18.8 Å². The van der Waals surface area contributed by atoms with Crippen LogP contribution in [-0.4, -0.2) is 7.11 Å². The second kappa shape index (κ2) is 8.88. The Bertz CT molecular complexity index is 1020. The molecule has 3 nitrogen and oxygen atoms in total. The monoisotopic (exact) mass is 373 g/mol. The van der Waals surface area contributed by atoms with Crippen LogP contribution in [0, 0.1) is 24.1 Å². The average molecular weight is 373 g/mol. The molecule has 0 aliphatic heterocycles. The molecule has 4 heteroatoms. The van der Waals surface area contributed by atoms with Gasteiger partial charge in [-0.3, -0.25) is 0 Å². The molecule has 28 heavy (non-hydrogen) atoms. The van der Waals surface area contributed by atoms with E-state index in [0.29, 0.717) is 23.7 Å². The highest BCUT2D eigenvalue weighted by Crippen LogP contribution is 2.30. The second-order valence-electron chi connectivity index (χ2n) is 6.36. The number of hydrogen-bond donors (Lipinski definition) is 0. The summed E-state index contributed by atoms with van der Waals surface area (Å²) in [4.78, 5) is 0. The van der Waals surface area contributed by atoms with Crippen LogP contribution in [0.15, 0.2) is 66.7 Å². The molecule has 0 amide bonds. The number of nitriles is 1. The van der Waals surface area contributed by atoms with Gasteiger partial charge in [0.2, 0.25) is 0 Å². The summed E-state index contributed by atoms with van der Waals surface area (Å²) >= 11 is 0. The molecule has 0 fully saturated rings. The van der Waals surface area contributed by atoms with Crippen LogP contribution < -0.4 is 9.47 Å². The van der Waals surface area contributed by atoms with Crippen molar-refractivity contribution < 1.29 is 13.9 Å². The zero-order valence-electron chi connectivity index (χ0n) is 15.8. The molecule has 0 aliphatic carbocycles. The molecule has 0 spiro atoms. The van der Waals surface area contributed by atoms with Gasteiger partial charge in [-0.15, -0.1) is 0 Å². The summed E-state index contributed by atoms with van der Waals surface area (Å²) in [5.74, 6) is 0.870. The quantitative estimate of drug-likeness (QED) is 0.406. The van der Waals surface area contributed by atoms with E-state index in [0.717, 1.165) is 22.3 Å². The lowest BCUT2D eigenvalue weighted by molar-refractivity contribution is 0.284. The highest BCUT2D eigenvalue weighted by atomic mass is 19.1. The van der Waals surface area contributed by atoms with E-state index in [2.05, 4.69) is 6.07 Å². The van der Waals surface area contributed by atoms with Crippen molar-refractivity contribution in [3.05, 3.63) is 94.8 Å². The lowest BCUT2D eigenvalue weighted by Gasteiger charge is -2.12. The summed E-state index contributed by atoms with van der Waals surface area (Å²) in [5.41, 5.74) is 4.28. The molecule has 3 rings (SSSR count). The van der Waals surface area contributed by atoms with Crippen LogP contribution in [0.25, 0.3) is 11.6 Å². The van der Waals surface area contributed by atoms with Crippen molar-refractivity contribution in [1.82, 2.24) is 0 Å². The lowest BCUT2D eigenvalue weighted by Crippen LogP contribution is -1.98. The number of allylic oxidation sites excluding steroid dienone is 1. The van der Waals surface area contributed by atoms with Crippen molar-refractivity contribution in [1.29, 1.82) is 5.26 Å². The molecule has 0 radical (unpaired) electrons. The lowest BCUT2D eigenvalue weighted by atomic mass is 10.0. The Morgan fingerprint density at radius 1 is 1.00 bits per heavy atom. The van der Waals surface area contributed by atoms with Crippen LogP contribution >= 0.6 is 0 Å². The SMILES string of the molecule is COc1cc(/C=C(/C#N)c2ccc(C)cc2)ccc1OCc1ccc(F)cc1. The van der Waals surface area contributed by atoms with Crippen LogP contribution in [0.2, 0.25) is 0 Å². The van der Waals surface area contributed by atoms with Gasteiger partial charge in [-0.1, -0.05) is 48.0 Å². The molecule has 140 valence electrons. The predicted octanol–water partition coefficient (Wildman–Crippen LogP) is 5.79. The first kappa shape index (κ1) is 19.2. The van der Waals surface area contributed by atoms with Crippen molar-refractivity contribution >= 4 is 11.6 Å². The number of methoxy groups -OCH3 is 1. The molecule has 3 aromatic rings. The maximum absolute atomic E-state index is 13.0. The maximum Gasteiger partial charge on any atom is 0.161 e. The smallest absolute Gasteiger partial charge is 0.161 e. The van der Waals surface area contributed by atoms with Gasteiger partial charge in [0.15, 0.2) is 11.5 Å². The Labute approximate surface area is 164 Å². The minimum absolute atomic E-state index is 0.278. The van der Waals surface area contributed by atoms with Crippen molar-refractivity contribution in [2.75, 3.05) is 7.11 Å². The average Bonchev–Trinajstić information content (AvgIpc) is 2.72. The third-order valence-electron chi connectivity index (χ3n) is 4.29. The molecule has 0 aromatic heterocycles. The van der Waals surface area contributed by atoms with E-state index >= 15 is 0 Å². The summed E-state index contributed by atoms with van der Waals surface area (Å²) in [7, 11) is 1.57. The molecule has 0 heterocycles. The van der Waals surface area contributed by atoms with E-state index < -0.39 is 0 Å². The number of benzene rings is 3. The fourth-order valence-corrected chi connectivity index (χ4v) is 2.71. The summed E-state index contributed by atoms with van der Waals surface area (Å²) < 4.78 is 24.2. The maximum atomic E-state index is 13.0. The van der Waals surface area contributed by atoms with Crippen molar-refractivity contribution in [2.24, 2.45) is 0 Å². The highest BCUT2D eigenvalue weighted by molar-refractivity contribution is 5.89. The van der Waals surface area contributed by atoms with Gasteiger partial charge in [0.25, 0.3) is 0 Å². The van der Waals surface area contributed by atoms with E-state index in [1.165, 1.54) is 12.1 Å². The first-order valence-electron chi connectivity index (χ1n) is 8.83. The Balaban J connectivity index is 1.80. The molecule has 0 atom stereocenters. The van der Waals surface area contributed by atoms with Gasteiger partial charge in [-0.25, -0.2) is 4.39 Å². The van der Waals surface area contributed by atoms with Crippen LogP contribution in [0.4, 0.5) is 4.39 Å².